The summed E-state index contributed by atoms with van der Waals surface area (Å²) in [6, 6.07) is 4.78. The number of rotatable bonds is 6. The van der Waals surface area contributed by atoms with Crippen LogP contribution in [0.1, 0.15) is 5.56 Å². The molecule has 0 radical (unpaired) electrons. The van der Waals surface area contributed by atoms with E-state index in [1.54, 1.807) is 12.1 Å². The Kier molecular flexibility index (Phi) is 4.89. The number of aliphatic hydroxyl groups is 1. The summed E-state index contributed by atoms with van der Waals surface area (Å²) in [5, 5.41) is 8.92. The molecule has 0 atom stereocenters. The minimum absolute atomic E-state index is 0.0155. The van der Waals surface area contributed by atoms with E-state index in [-0.39, 0.29) is 30.3 Å². The van der Waals surface area contributed by atoms with Crippen LogP contribution in [0.3, 0.4) is 0 Å². The van der Waals surface area contributed by atoms with E-state index in [2.05, 4.69) is 6.58 Å². The van der Waals surface area contributed by atoms with Crippen molar-refractivity contribution in [2.45, 2.75) is 11.8 Å². The van der Waals surface area contributed by atoms with Crippen LogP contribution in [0.5, 0.6) is 0 Å². The van der Waals surface area contributed by atoms with Crippen LogP contribution in [0.2, 0.25) is 0 Å². The molecule has 18 heavy (non-hydrogen) atoms. The van der Waals surface area contributed by atoms with Crippen LogP contribution in [-0.4, -0.2) is 37.5 Å². The highest BCUT2D eigenvalue weighted by atomic mass is 32.2. The number of aryl methyl sites for hydroxylation is 1. The fraction of sp³-hybridized carbons (Fsp3) is 0.333. The zero-order chi connectivity index (χ0) is 13.8. The molecule has 0 amide bonds. The smallest absolute Gasteiger partial charge is 0.245 e. The van der Waals surface area contributed by atoms with Crippen LogP contribution in [0.25, 0.3) is 0 Å². The van der Waals surface area contributed by atoms with Crippen molar-refractivity contribution in [2.24, 2.45) is 0 Å². The van der Waals surface area contributed by atoms with Crippen molar-refractivity contribution in [3.63, 3.8) is 0 Å². The van der Waals surface area contributed by atoms with Crippen LogP contribution in [-0.2, 0) is 10.0 Å². The van der Waals surface area contributed by atoms with Crippen LogP contribution >= 0.6 is 0 Å². The number of hydrogen-bond donors (Lipinski definition) is 2. The number of nitrogen functional groups attached to an aromatic ring is 1. The molecule has 0 aromatic heterocycles. The summed E-state index contributed by atoms with van der Waals surface area (Å²) in [5.41, 5.74) is 6.85. The number of aliphatic hydroxyl groups excluding tert-OH is 1. The average molecular weight is 270 g/mol. The van der Waals surface area contributed by atoms with Gasteiger partial charge in [-0.05, 0) is 24.6 Å². The van der Waals surface area contributed by atoms with Crippen molar-refractivity contribution in [1.82, 2.24) is 4.31 Å². The Morgan fingerprint density at radius 3 is 2.67 bits per heavy atom. The molecule has 0 saturated heterocycles. The van der Waals surface area contributed by atoms with Gasteiger partial charge in [-0.25, -0.2) is 8.42 Å². The molecule has 0 bridgehead atoms. The molecule has 0 fully saturated rings. The maximum atomic E-state index is 12.3. The van der Waals surface area contributed by atoms with Crippen molar-refractivity contribution in [3.8, 4) is 0 Å². The Morgan fingerprint density at radius 1 is 1.50 bits per heavy atom. The molecule has 0 aliphatic rings. The molecule has 1 aromatic carbocycles. The van der Waals surface area contributed by atoms with Gasteiger partial charge in [-0.3, -0.25) is 0 Å². The van der Waals surface area contributed by atoms with Crippen molar-refractivity contribution >= 4 is 15.7 Å². The number of nitrogens with zero attached hydrogens (tertiary/aromatic N) is 1. The lowest BCUT2D eigenvalue weighted by molar-refractivity contribution is 0.260. The molecule has 5 nitrogen and oxygen atoms in total. The highest BCUT2D eigenvalue weighted by molar-refractivity contribution is 7.89. The second-order valence-electron chi connectivity index (χ2n) is 3.92. The van der Waals surface area contributed by atoms with E-state index in [1.807, 2.05) is 6.92 Å². The van der Waals surface area contributed by atoms with Crippen molar-refractivity contribution in [1.29, 1.82) is 0 Å². The zero-order valence-electron chi connectivity index (χ0n) is 10.3. The van der Waals surface area contributed by atoms with Crippen LogP contribution in [0, 0.1) is 6.92 Å². The summed E-state index contributed by atoms with van der Waals surface area (Å²) in [5.74, 6) is 0. The van der Waals surface area contributed by atoms with Gasteiger partial charge in [0.25, 0.3) is 0 Å². The Bertz CT molecular complexity index is 526. The van der Waals surface area contributed by atoms with Gasteiger partial charge in [-0.1, -0.05) is 12.1 Å². The molecular weight excluding hydrogens is 252 g/mol. The highest BCUT2D eigenvalue weighted by Crippen LogP contribution is 2.23. The topological polar surface area (TPSA) is 83.6 Å². The second kappa shape index (κ2) is 5.99. The lowest BCUT2D eigenvalue weighted by atomic mass is 10.2. The predicted octanol–water partition coefficient (Wildman–Crippen LogP) is 0.746. The van der Waals surface area contributed by atoms with E-state index in [1.165, 1.54) is 12.1 Å². The summed E-state index contributed by atoms with van der Waals surface area (Å²) >= 11 is 0. The van der Waals surface area contributed by atoms with Crippen molar-refractivity contribution in [2.75, 3.05) is 25.4 Å². The van der Waals surface area contributed by atoms with Gasteiger partial charge in [0.2, 0.25) is 10.0 Å². The van der Waals surface area contributed by atoms with Gasteiger partial charge in [0.1, 0.15) is 4.90 Å². The summed E-state index contributed by atoms with van der Waals surface area (Å²) in [4.78, 5) is 0.0587. The molecule has 6 heteroatoms. The molecule has 0 spiro atoms. The van der Waals surface area contributed by atoms with Crippen LogP contribution < -0.4 is 5.73 Å². The maximum absolute atomic E-state index is 12.3. The Balaban J connectivity index is 3.21. The van der Waals surface area contributed by atoms with E-state index < -0.39 is 10.0 Å². The summed E-state index contributed by atoms with van der Waals surface area (Å²) < 4.78 is 25.8. The van der Waals surface area contributed by atoms with Gasteiger partial charge < -0.3 is 10.8 Å². The first-order chi connectivity index (χ1) is 8.43. The van der Waals surface area contributed by atoms with Crippen molar-refractivity contribution in [3.05, 3.63) is 36.4 Å². The van der Waals surface area contributed by atoms with Crippen LogP contribution in [0.4, 0.5) is 5.69 Å². The Labute approximate surface area is 108 Å². The lowest BCUT2D eigenvalue weighted by Gasteiger charge is -2.20. The van der Waals surface area contributed by atoms with E-state index in [9.17, 15) is 8.42 Å². The standard InChI is InChI=1S/C12H18N2O3S/c1-3-6-14(7-8-15)18(16,17)12-5-4-10(2)9-11(12)13/h3-5,9,15H,1,6-8,13H2,2H3. The Morgan fingerprint density at radius 2 is 2.17 bits per heavy atom. The van der Waals surface area contributed by atoms with Gasteiger partial charge in [-0.15, -0.1) is 6.58 Å². The fourth-order valence-corrected chi connectivity index (χ4v) is 3.11. The fourth-order valence-electron chi connectivity index (χ4n) is 1.61. The second-order valence-corrected chi connectivity index (χ2v) is 5.82. The molecule has 3 N–H and O–H groups in total. The summed E-state index contributed by atoms with van der Waals surface area (Å²) in [7, 11) is -3.70. The first-order valence-electron chi connectivity index (χ1n) is 5.51. The van der Waals surface area contributed by atoms with Gasteiger partial charge in [0.15, 0.2) is 0 Å². The summed E-state index contributed by atoms with van der Waals surface area (Å²) in [6.07, 6.45) is 1.47. The average Bonchev–Trinajstić information content (AvgIpc) is 2.28. The highest BCUT2D eigenvalue weighted by Gasteiger charge is 2.24. The lowest BCUT2D eigenvalue weighted by Crippen LogP contribution is -2.34. The van der Waals surface area contributed by atoms with Crippen LogP contribution in [0.15, 0.2) is 35.7 Å². The number of nitrogens with two attached hydrogens (primary N) is 1. The molecule has 0 saturated carbocycles. The van der Waals surface area contributed by atoms with Crippen molar-refractivity contribution < 1.29 is 13.5 Å². The number of benzene rings is 1. The van der Waals surface area contributed by atoms with E-state index >= 15 is 0 Å². The number of sulfonamides is 1. The minimum Gasteiger partial charge on any atom is -0.398 e. The summed E-state index contributed by atoms with van der Waals surface area (Å²) in [6.45, 7) is 5.24. The molecule has 0 unspecified atom stereocenters. The molecule has 1 rings (SSSR count). The third-order valence-corrected chi connectivity index (χ3v) is 4.40. The van der Waals surface area contributed by atoms with E-state index in [0.717, 1.165) is 9.87 Å². The molecule has 1 aromatic rings. The SMILES string of the molecule is C=CCN(CCO)S(=O)(=O)c1ccc(C)cc1N. The largest absolute Gasteiger partial charge is 0.398 e. The van der Waals surface area contributed by atoms with Gasteiger partial charge in [-0.2, -0.15) is 4.31 Å². The van der Waals surface area contributed by atoms with Gasteiger partial charge in [0, 0.05) is 13.1 Å². The minimum atomic E-state index is -3.70. The Hall–Kier alpha value is -1.37. The predicted molar refractivity (Wildman–Crippen MR) is 71.6 cm³/mol. The monoisotopic (exact) mass is 270 g/mol. The molecule has 0 aliphatic carbocycles. The molecule has 100 valence electrons. The quantitative estimate of drug-likeness (QED) is 0.590. The zero-order valence-corrected chi connectivity index (χ0v) is 11.2. The molecule has 0 heterocycles. The first-order valence-corrected chi connectivity index (χ1v) is 6.95. The number of anilines is 1. The van der Waals surface area contributed by atoms with Gasteiger partial charge >= 0.3 is 0 Å². The van der Waals surface area contributed by atoms with E-state index in [4.69, 9.17) is 10.8 Å². The molecule has 0 aliphatic heterocycles. The maximum Gasteiger partial charge on any atom is 0.245 e. The molecular formula is C12H18N2O3S. The third kappa shape index (κ3) is 3.10. The van der Waals surface area contributed by atoms with Gasteiger partial charge in [0.05, 0.1) is 12.3 Å². The third-order valence-electron chi connectivity index (χ3n) is 2.47. The normalized spacial score (nSPS) is 11.7. The number of hydrogen-bond acceptors (Lipinski definition) is 4. The first kappa shape index (κ1) is 14.7. The van der Waals surface area contributed by atoms with E-state index in [0.29, 0.717) is 0 Å².